The predicted molar refractivity (Wildman–Crippen MR) is 75.6 cm³/mol. The van der Waals surface area contributed by atoms with Crippen molar-refractivity contribution in [2.75, 3.05) is 11.6 Å². The number of carboxylic acid groups (broad SMARTS) is 1. The van der Waals surface area contributed by atoms with E-state index in [1.54, 1.807) is 6.07 Å². The molecule has 2 aromatic rings. The average Bonchev–Trinajstić information content (AvgIpc) is 2.76. The van der Waals surface area contributed by atoms with Crippen LogP contribution in [0.1, 0.15) is 12.8 Å². The minimum atomic E-state index is -3.31. The molecule has 2 rings (SSSR count). The molecule has 1 heterocycles. The molecule has 0 bridgehead atoms. The van der Waals surface area contributed by atoms with Gasteiger partial charge in [0.1, 0.15) is 0 Å². The standard InChI is InChI=1S/C12H12N2O5S2/c1-21(18,19)7-2-3-8-9(6-7)20-12(13-8)14-10(15)4-5-11(16)17/h2-3,6H,4-5H2,1H3,(H,16,17)(H,13,14,15)/p-1. The number of fused-ring (bicyclic) bond motifs is 1. The highest BCUT2D eigenvalue weighted by molar-refractivity contribution is 7.90. The van der Waals surface area contributed by atoms with Gasteiger partial charge in [0, 0.05) is 18.6 Å². The molecular formula is C12H11N2O5S2-. The van der Waals surface area contributed by atoms with Crippen LogP contribution in [-0.2, 0) is 19.4 Å². The number of rotatable bonds is 5. The van der Waals surface area contributed by atoms with Crippen LogP contribution in [0.4, 0.5) is 5.13 Å². The number of carboxylic acids is 1. The highest BCUT2D eigenvalue weighted by Crippen LogP contribution is 2.28. The van der Waals surface area contributed by atoms with Crippen molar-refractivity contribution in [3.63, 3.8) is 0 Å². The molecular weight excluding hydrogens is 316 g/mol. The number of amides is 1. The molecule has 1 N–H and O–H groups in total. The second-order valence-corrected chi connectivity index (χ2v) is 7.39. The molecule has 0 aliphatic carbocycles. The Labute approximate surface area is 124 Å². The second-order valence-electron chi connectivity index (χ2n) is 4.34. The number of nitrogens with one attached hydrogen (secondary N) is 1. The van der Waals surface area contributed by atoms with Crippen LogP contribution in [-0.4, -0.2) is 31.5 Å². The van der Waals surface area contributed by atoms with Gasteiger partial charge in [0.05, 0.1) is 15.1 Å². The van der Waals surface area contributed by atoms with E-state index >= 15 is 0 Å². The Balaban J connectivity index is 2.19. The van der Waals surface area contributed by atoms with E-state index in [1.165, 1.54) is 12.1 Å². The summed E-state index contributed by atoms with van der Waals surface area (Å²) < 4.78 is 23.5. The van der Waals surface area contributed by atoms with Crippen molar-refractivity contribution in [3.05, 3.63) is 18.2 Å². The first-order valence-electron chi connectivity index (χ1n) is 5.86. The predicted octanol–water partition coefficient (Wildman–Crippen LogP) is 0.168. The lowest BCUT2D eigenvalue weighted by Gasteiger charge is -2.01. The van der Waals surface area contributed by atoms with Gasteiger partial charge in [-0.25, -0.2) is 13.4 Å². The highest BCUT2D eigenvalue weighted by atomic mass is 32.2. The molecule has 9 heteroatoms. The lowest BCUT2D eigenvalue weighted by Crippen LogP contribution is -2.24. The molecule has 0 radical (unpaired) electrons. The van der Waals surface area contributed by atoms with E-state index < -0.39 is 21.7 Å². The summed E-state index contributed by atoms with van der Waals surface area (Å²) in [5, 5.41) is 13.0. The number of aliphatic carboxylic acids is 1. The molecule has 0 unspecified atom stereocenters. The zero-order valence-electron chi connectivity index (χ0n) is 11.0. The van der Waals surface area contributed by atoms with Gasteiger partial charge in [-0.2, -0.15) is 0 Å². The third kappa shape index (κ3) is 3.99. The van der Waals surface area contributed by atoms with Gasteiger partial charge < -0.3 is 15.2 Å². The van der Waals surface area contributed by atoms with Crippen molar-refractivity contribution in [3.8, 4) is 0 Å². The zero-order valence-corrected chi connectivity index (χ0v) is 12.6. The topological polar surface area (TPSA) is 116 Å². The average molecular weight is 327 g/mol. The smallest absolute Gasteiger partial charge is 0.226 e. The second kappa shape index (κ2) is 5.78. The lowest BCUT2D eigenvalue weighted by molar-refractivity contribution is -0.305. The first kappa shape index (κ1) is 15.4. The van der Waals surface area contributed by atoms with E-state index in [4.69, 9.17) is 0 Å². The van der Waals surface area contributed by atoms with E-state index in [-0.39, 0.29) is 17.7 Å². The molecule has 0 spiro atoms. The SMILES string of the molecule is CS(=O)(=O)c1ccc2nc(NC(=O)CCC(=O)[O-])sc2c1. The van der Waals surface area contributed by atoms with Gasteiger partial charge in [-0.3, -0.25) is 4.79 Å². The van der Waals surface area contributed by atoms with Crippen molar-refractivity contribution in [1.82, 2.24) is 4.98 Å². The number of nitrogens with zero attached hydrogens (tertiary/aromatic N) is 1. The van der Waals surface area contributed by atoms with Crippen molar-refractivity contribution >= 4 is 48.4 Å². The van der Waals surface area contributed by atoms with Crippen molar-refractivity contribution in [2.24, 2.45) is 0 Å². The maximum absolute atomic E-state index is 11.5. The van der Waals surface area contributed by atoms with Crippen molar-refractivity contribution in [2.45, 2.75) is 17.7 Å². The molecule has 0 aliphatic rings. The molecule has 1 aromatic carbocycles. The van der Waals surface area contributed by atoms with Gasteiger partial charge in [-0.1, -0.05) is 11.3 Å². The van der Waals surface area contributed by atoms with Crippen LogP contribution >= 0.6 is 11.3 Å². The number of aromatic nitrogens is 1. The Morgan fingerprint density at radius 2 is 2.05 bits per heavy atom. The van der Waals surface area contributed by atoms with Crippen molar-refractivity contribution < 1.29 is 23.1 Å². The number of benzene rings is 1. The van der Waals surface area contributed by atoms with Gasteiger partial charge in [0.2, 0.25) is 5.91 Å². The number of sulfone groups is 1. The fourth-order valence-electron chi connectivity index (χ4n) is 1.59. The quantitative estimate of drug-likeness (QED) is 0.836. The summed E-state index contributed by atoms with van der Waals surface area (Å²) in [4.78, 5) is 26.1. The van der Waals surface area contributed by atoms with Gasteiger partial charge in [-0.15, -0.1) is 0 Å². The Morgan fingerprint density at radius 3 is 2.67 bits per heavy atom. The van der Waals surface area contributed by atoms with Crippen LogP contribution in [0.5, 0.6) is 0 Å². The number of hydrogen-bond acceptors (Lipinski definition) is 7. The number of hydrogen-bond donors (Lipinski definition) is 1. The lowest BCUT2D eigenvalue weighted by atomic mass is 10.3. The summed E-state index contributed by atoms with van der Waals surface area (Å²) in [5.74, 6) is -1.78. The summed E-state index contributed by atoms with van der Waals surface area (Å²) in [6.45, 7) is 0. The van der Waals surface area contributed by atoms with E-state index in [2.05, 4.69) is 10.3 Å². The van der Waals surface area contributed by atoms with Crippen LogP contribution < -0.4 is 10.4 Å². The Morgan fingerprint density at radius 1 is 1.33 bits per heavy atom. The van der Waals surface area contributed by atoms with E-state index in [9.17, 15) is 23.1 Å². The molecule has 1 aromatic heterocycles. The Hall–Kier alpha value is -2.00. The fourth-order valence-corrected chi connectivity index (χ4v) is 3.23. The molecule has 112 valence electrons. The molecule has 0 fully saturated rings. The molecule has 0 aliphatic heterocycles. The Bertz CT molecular complexity index is 810. The fraction of sp³-hybridized carbons (Fsp3) is 0.250. The summed E-state index contributed by atoms with van der Waals surface area (Å²) in [5.41, 5.74) is 0.558. The summed E-state index contributed by atoms with van der Waals surface area (Å²) in [7, 11) is -3.31. The third-order valence-corrected chi connectivity index (χ3v) is 4.63. The number of carbonyl (C=O) groups is 2. The summed E-state index contributed by atoms with van der Waals surface area (Å²) in [6.07, 6.45) is 0.541. The molecule has 21 heavy (non-hydrogen) atoms. The van der Waals surface area contributed by atoms with Gasteiger partial charge in [0.15, 0.2) is 15.0 Å². The van der Waals surface area contributed by atoms with Crippen LogP contribution in [0.15, 0.2) is 23.1 Å². The third-order valence-electron chi connectivity index (χ3n) is 2.59. The Kier molecular flexibility index (Phi) is 4.24. The molecule has 7 nitrogen and oxygen atoms in total. The van der Waals surface area contributed by atoms with Gasteiger partial charge in [-0.05, 0) is 24.6 Å². The highest BCUT2D eigenvalue weighted by Gasteiger charge is 2.12. The molecule has 0 saturated heterocycles. The monoisotopic (exact) mass is 327 g/mol. The van der Waals surface area contributed by atoms with Crippen LogP contribution in [0.2, 0.25) is 0 Å². The molecule has 0 saturated carbocycles. The first-order valence-corrected chi connectivity index (χ1v) is 8.57. The maximum Gasteiger partial charge on any atom is 0.226 e. The van der Waals surface area contributed by atoms with Crippen molar-refractivity contribution in [1.29, 1.82) is 0 Å². The number of carbonyl (C=O) groups excluding carboxylic acids is 2. The zero-order chi connectivity index (χ0) is 15.6. The van der Waals surface area contributed by atoms with Gasteiger partial charge >= 0.3 is 0 Å². The number of anilines is 1. The normalized spacial score (nSPS) is 11.5. The van der Waals surface area contributed by atoms with Gasteiger partial charge in [0.25, 0.3) is 0 Å². The summed E-state index contributed by atoms with van der Waals surface area (Å²) in [6, 6.07) is 4.48. The van der Waals surface area contributed by atoms with Crippen LogP contribution in [0.3, 0.4) is 0 Å². The van der Waals surface area contributed by atoms with E-state index in [1.807, 2.05) is 0 Å². The maximum atomic E-state index is 11.5. The summed E-state index contributed by atoms with van der Waals surface area (Å²) >= 11 is 1.12. The van der Waals surface area contributed by atoms with Crippen LogP contribution in [0, 0.1) is 0 Å². The molecule has 0 atom stereocenters. The first-order chi connectivity index (χ1) is 9.75. The van der Waals surface area contributed by atoms with Crippen LogP contribution in [0.25, 0.3) is 10.2 Å². The van der Waals surface area contributed by atoms with E-state index in [0.717, 1.165) is 17.6 Å². The van der Waals surface area contributed by atoms with E-state index in [0.29, 0.717) is 15.3 Å². The number of thiazole rings is 1. The minimum absolute atomic E-state index is 0.175. The minimum Gasteiger partial charge on any atom is -0.550 e. The molecule has 1 amide bonds. The largest absolute Gasteiger partial charge is 0.550 e.